The number of nitrogen functional groups attached to an aromatic ring is 1. The molecule has 0 aliphatic carbocycles. The fraction of sp³-hybridized carbons (Fsp3) is 0.533. The summed E-state index contributed by atoms with van der Waals surface area (Å²) in [5, 5.41) is 13.0. The van der Waals surface area contributed by atoms with E-state index in [1.165, 1.54) is 0 Å². The van der Waals surface area contributed by atoms with Gasteiger partial charge in [-0.2, -0.15) is 4.98 Å². The van der Waals surface area contributed by atoms with Gasteiger partial charge in [-0.25, -0.2) is 4.98 Å². The number of hydrogen-bond donors (Lipinski definition) is 3. The number of nitrogens with one attached hydrogen (secondary N) is 1. The molecule has 0 aliphatic rings. The molecule has 2 aromatic rings. The molecule has 0 bridgehead atoms. The number of anilines is 2. The van der Waals surface area contributed by atoms with Crippen LogP contribution in [0.15, 0.2) is 18.3 Å². The second kappa shape index (κ2) is 6.67. The Labute approximate surface area is 124 Å². The maximum atomic E-state index is 9.73. The van der Waals surface area contributed by atoms with Gasteiger partial charge in [0.05, 0.1) is 17.7 Å². The average Bonchev–Trinajstić information content (AvgIpc) is 2.47. The molecule has 114 valence electrons. The summed E-state index contributed by atoms with van der Waals surface area (Å²) in [7, 11) is 0. The van der Waals surface area contributed by atoms with Crippen LogP contribution in [0.5, 0.6) is 0 Å². The third-order valence-corrected chi connectivity index (χ3v) is 3.57. The Bertz CT molecular complexity index is 604. The molecule has 0 radical (unpaired) electrons. The topological polar surface area (TPSA) is 97.0 Å². The van der Waals surface area contributed by atoms with Crippen molar-refractivity contribution >= 4 is 22.8 Å². The van der Waals surface area contributed by atoms with Gasteiger partial charge in [-0.05, 0) is 25.5 Å². The van der Waals surface area contributed by atoms with Crippen LogP contribution < -0.4 is 11.1 Å². The number of hydrogen-bond acceptors (Lipinski definition) is 6. The molecule has 2 aromatic heterocycles. The molecule has 2 heterocycles. The minimum absolute atomic E-state index is 0.0228. The number of rotatable bonds is 7. The lowest BCUT2D eigenvalue weighted by Crippen LogP contribution is -2.39. The molecule has 6 nitrogen and oxygen atoms in total. The van der Waals surface area contributed by atoms with E-state index in [9.17, 15) is 5.11 Å². The van der Waals surface area contributed by atoms with E-state index in [0.717, 1.165) is 25.7 Å². The van der Waals surface area contributed by atoms with Gasteiger partial charge in [0, 0.05) is 6.20 Å². The van der Waals surface area contributed by atoms with Gasteiger partial charge in [-0.15, -0.1) is 0 Å². The Kier molecular flexibility index (Phi) is 4.90. The van der Waals surface area contributed by atoms with Crippen molar-refractivity contribution < 1.29 is 5.11 Å². The van der Waals surface area contributed by atoms with Gasteiger partial charge in [-0.3, -0.25) is 4.98 Å². The quantitative estimate of drug-likeness (QED) is 0.677. The maximum absolute atomic E-state index is 9.73. The summed E-state index contributed by atoms with van der Waals surface area (Å²) in [5.74, 6) is 0.776. The molecule has 0 saturated carbocycles. The Balaban J connectivity index is 2.28. The fourth-order valence-corrected chi connectivity index (χ4v) is 2.30. The summed E-state index contributed by atoms with van der Waals surface area (Å²) in [4.78, 5) is 12.7. The van der Waals surface area contributed by atoms with Crippen molar-refractivity contribution in [1.29, 1.82) is 0 Å². The van der Waals surface area contributed by atoms with Crippen LogP contribution in [0.3, 0.4) is 0 Å². The predicted octanol–water partition coefficient (Wildman–Crippen LogP) is 2.35. The third-order valence-electron chi connectivity index (χ3n) is 3.57. The highest BCUT2D eigenvalue weighted by atomic mass is 16.3. The van der Waals surface area contributed by atoms with Crippen molar-refractivity contribution in [3.05, 3.63) is 18.3 Å². The number of fused-ring (bicyclic) bond motifs is 1. The Morgan fingerprint density at radius 3 is 2.86 bits per heavy atom. The third kappa shape index (κ3) is 3.78. The van der Waals surface area contributed by atoms with E-state index in [-0.39, 0.29) is 12.6 Å². The second-order valence-electron chi connectivity index (χ2n) is 5.60. The van der Waals surface area contributed by atoms with E-state index in [2.05, 4.69) is 27.2 Å². The second-order valence-corrected chi connectivity index (χ2v) is 5.60. The van der Waals surface area contributed by atoms with E-state index in [1.54, 1.807) is 6.20 Å². The van der Waals surface area contributed by atoms with E-state index < -0.39 is 5.54 Å². The molecule has 21 heavy (non-hydrogen) atoms. The minimum atomic E-state index is -0.444. The minimum Gasteiger partial charge on any atom is -0.394 e. The standard InChI is InChI=1S/C15H23N5O/c1-3-4-5-8-15(2,10-21)20-13-12-11(7-6-9-17-12)18-14(16)19-13/h6-7,9,21H,3-5,8,10H2,1-2H3,(H3,16,18,19,20)/t15-/m0/s1. The lowest BCUT2D eigenvalue weighted by atomic mass is 9.95. The van der Waals surface area contributed by atoms with E-state index in [1.807, 2.05) is 19.1 Å². The van der Waals surface area contributed by atoms with Crippen molar-refractivity contribution in [3.63, 3.8) is 0 Å². The first-order valence-corrected chi connectivity index (χ1v) is 7.35. The zero-order chi connectivity index (χ0) is 15.3. The van der Waals surface area contributed by atoms with E-state index in [0.29, 0.717) is 16.9 Å². The zero-order valence-electron chi connectivity index (χ0n) is 12.6. The number of pyridine rings is 1. The van der Waals surface area contributed by atoms with Crippen molar-refractivity contribution in [3.8, 4) is 0 Å². The average molecular weight is 289 g/mol. The Hall–Kier alpha value is -1.95. The lowest BCUT2D eigenvalue weighted by Gasteiger charge is -2.29. The molecule has 6 heteroatoms. The van der Waals surface area contributed by atoms with Crippen molar-refractivity contribution in [2.45, 2.75) is 45.1 Å². The SMILES string of the molecule is CCCCC[C@@](C)(CO)Nc1nc(N)nc2cccnc12. The molecule has 0 aromatic carbocycles. The van der Waals surface area contributed by atoms with E-state index in [4.69, 9.17) is 5.73 Å². The molecule has 0 amide bonds. The monoisotopic (exact) mass is 289 g/mol. The highest BCUT2D eigenvalue weighted by Crippen LogP contribution is 2.25. The van der Waals surface area contributed by atoms with Gasteiger partial charge in [0.2, 0.25) is 5.95 Å². The number of nitrogens with zero attached hydrogens (tertiary/aromatic N) is 3. The van der Waals surface area contributed by atoms with Crippen LogP contribution in [0.25, 0.3) is 11.0 Å². The van der Waals surface area contributed by atoms with Gasteiger partial charge >= 0.3 is 0 Å². The van der Waals surface area contributed by atoms with Gasteiger partial charge in [-0.1, -0.05) is 26.2 Å². The normalized spacial score (nSPS) is 14.0. The molecule has 4 N–H and O–H groups in total. The summed E-state index contributed by atoms with van der Waals surface area (Å²) < 4.78 is 0. The van der Waals surface area contributed by atoms with E-state index >= 15 is 0 Å². The van der Waals surface area contributed by atoms with Crippen LogP contribution in [0.2, 0.25) is 0 Å². The van der Waals surface area contributed by atoms with Gasteiger partial charge in [0.25, 0.3) is 0 Å². The molecule has 2 rings (SSSR count). The smallest absolute Gasteiger partial charge is 0.222 e. The molecular formula is C15H23N5O. The van der Waals surface area contributed by atoms with Gasteiger partial charge < -0.3 is 16.2 Å². The maximum Gasteiger partial charge on any atom is 0.222 e. The summed E-state index contributed by atoms with van der Waals surface area (Å²) in [5.41, 5.74) is 6.67. The van der Waals surface area contributed by atoms with Crippen LogP contribution in [-0.4, -0.2) is 32.2 Å². The van der Waals surface area contributed by atoms with Crippen molar-refractivity contribution in [2.75, 3.05) is 17.7 Å². The summed E-state index contributed by atoms with van der Waals surface area (Å²) in [6.45, 7) is 4.16. The molecular weight excluding hydrogens is 266 g/mol. The Morgan fingerprint density at radius 2 is 2.14 bits per heavy atom. The largest absolute Gasteiger partial charge is 0.394 e. The number of unbranched alkanes of at least 4 members (excludes halogenated alkanes) is 2. The van der Waals surface area contributed by atoms with Crippen LogP contribution >= 0.6 is 0 Å². The first-order chi connectivity index (χ1) is 10.1. The fourth-order valence-electron chi connectivity index (χ4n) is 2.30. The molecule has 0 unspecified atom stereocenters. The first-order valence-electron chi connectivity index (χ1n) is 7.35. The summed E-state index contributed by atoms with van der Waals surface area (Å²) >= 11 is 0. The van der Waals surface area contributed by atoms with Crippen molar-refractivity contribution in [2.24, 2.45) is 0 Å². The highest BCUT2D eigenvalue weighted by molar-refractivity contribution is 5.86. The molecule has 0 aliphatic heterocycles. The van der Waals surface area contributed by atoms with Gasteiger partial charge in [0.1, 0.15) is 5.52 Å². The number of aliphatic hydroxyl groups excluding tert-OH is 1. The molecule has 0 saturated heterocycles. The van der Waals surface area contributed by atoms with Crippen LogP contribution in [0.1, 0.15) is 39.5 Å². The first kappa shape index (κ1) is 15.4. The van der Waals surface area contributed by atoms with Crippen LogP contribution in [0, 0.1) is 0 Å². The van der Waals surface area contributed by atoms with Crippen LogP contribution in [-0.2, 0) is 0 Å². The van der Waals surface area contributed by atoms with Gasteiger partial charge in [0.15, 0.2) is 5.82 Å². The number of aliphatic hydroxyl groups is 1. The zero-order valence-corrected chi connectivity index (χ0v) is 12.6. The molecule has 0 spiro atoms. The van der Waals surface area contributed by atoms with Crippen LogP contribution in [0.4, 0.5) is 11.8 Å². The number of nitrogens with two attached hydrogens (primary N) is 1. The predicted molar refractivity (Wildman–Crippen MR) is 85.0 cm³/mol. The molecule has 0 fully saturated rings. The van der Waals surface area contributed by atoms with Crippen molar-refractivity contribution in [1.82, 2.24) is 15.0 Å². The molecule has 1 atom stereocenters. The lowest BCUT2D eigenvalue weighted by molar-refractivity contribution is 0.211. The Morgan fingerprint density at radius 1 is 1.33 bits per heavy atom. The number of aromatic nitrogens is 3. The summed E-state index contributed by atoms with van der Waals surface area (Å²) in [6.07, 6.45) is 5.89. The highest BCUT2D eigenvalue weighted by Gasteiger charge is 2.24. The summed E-state index contributed by atoms with van der Waals surface area (Å²) in [6, 6.07) is 3.66.